The van der Waals surface area contributed by atoms with Crippen LogP contribution in [0.1, 0.15) is 19.4 Å². The lowest BCUT2D eigenvalue weighted by molar-refractivity contribution is -0.155. The van der Waals surface area contributed by atoms with Crippen molar-refractivity contribution in [3.05, 3.63) is 34.3 Å². The van der Waals surface area contributed by atoms with Crippen LogP contribution in [-0.2, 0) is 16.0 Å². The van der Waals surface area contributed by atoms with Gasteiger partial charge in [-0.15, -0.1) is 0 Å². The zero-order chi connectivity index (χ0) is 13.9. The molecule has 4 nitrogen and oxygen atoms in total. The lowest BCUT2D eigenvalue weighted by Crippen LogP contribution is -2.51. The summed E-state index contributed by atoms with van der Waals surface area (Å²) in [7, 11) is 1.51. The Morgan fingerprint density at radius 1 is 1.33 bits per heavy atom. The maximum atomic E-state index is 12.1. The quantitative estimate of drug-likeness (QED) is 0.928. The summed E-state index contributed by atoms with van der Waals surface area (Å²) in [6, 6.07) is 7.40. The summed E-state index contributed by atoms with van der Waals surface area (Å²) in [5.74, 6) is -1.25. The smallest absolute Gasteiger partial charge is 0.329 e. The van der Waals surface area contributed by atoms with E-state index in [4.69, 9.17) is 5.11 Å². The van der Waals surface area contributed by atoms with Gasteiger partial charge in [-0.05, 0) is 25.5 Å². The Balaban J connectivity index is 2.84. The third-order valence-electron chi connectivity index (χ3n) is 3.04. The fraction of sp³-hybridized carbons (Fsp3) is 0.385. The molecule has 0 radical (unpaired) electrons. The summed E-state index contributed by atoms with van der Waals surface area (Å²) in [5, 5.41) is 9.08. The van der Waals surface area contributed by atoms with E-state index in [2.05, 4.69) is 15.9 Å². The van der Waals surface area contributed by atoms with Crippen LogP contribution >= 0.6 is 15.9 Å². The van der Waals surface area contributed by atoms with Crippen molar-refractivity contribution >= 4 is 27.8 Å². The number of carboxylic acids is 1. The van der Waals surface area contributed by atoms with Gasteiger partial charge in [0.2, 0.25) is 5.91 Å². The summed E-state index contributed by atoms with van der Waals surface area (Å²) in [6.45, 7) is 3.01. The van der Waals surface area contributed by atoms with E-state index in [1.54, 1.807) is 0 Å². The number of carbonyl (C=O) groups is 2. The van der Waals surface area contributed by atoms with E-state index in [1.165, 1.54) is 25.8 Å². The van der Waals surface area contributed by atoms with Crippen molar-refractivity contribution in [3.8, 4) is 0 Å². The summed E-state index contributed by atoms with van der Waals surface area (Å²) in [6.07, 6.45) is 0.175. The molecule has 1 N–H and O–H groups in total. The van der Waals surface area contributed by atoms with Gasteiger partial charge in [-0.3, -0.25) is 4.79 Å². The zero-order valence-corrected chi connectivity index (χ0v) is 12.2. The topological polar surface area (TPSA) is 57.6 Å². The number of amides is 1. The first-order chi connectivity index (χ1) is 8.26. The minimum absolute atomic E-state index is 0.175. The van der Waals surface area contributed by atoms with Crippen LogP contribution in [0.3, 0.4) is 0 Å². The highest BCUT2D eigenvalue weighted by molar-refractivity contribution is 9.10. The number of hydrogen-bond donors (Lipinski definition) is 1. The Kier molecular flexibility index (Phi) is 4.51. The highest BCUT2D eigenvalue weighted by atomic mass is 79.9. The van der Waals surface area contributed by atoms with E-state index in [9.17, 15) is 9.59 Å². The minimum atomic E-state index is -1.21. The molecule has 0 saturated carbocycles. The van der Waals surface area contributed by atoms with Crippen LogP contribution in [0.25, 0.3) is 0 Å². The molecule has 1 rings (SSSR count). The minimum Gasteiger partial charge on any atom is -0.480 e. The van der Waals surface area contributed by atoms with Gasteiger partial charge < -0.3 is 10.0 Å². The number of likely N-dealkylation sites (N-methyl/N-ethyl adjacent to an activating group) is 1. The SMILES string of the molecule is CN(C(=O)Cc1ccccc1Br)C(C)(C)C(=O)O. The van der Waals surface area contributed by atoms with Crippen LogP contribution in [0.15, 0.2) is 28.7 Å². The molecular formula is C13H16BrNO3. The predicted octanol–water partition coefficient (Wildman–Crippen LogP) is 2.31. The average Bonchev–Trinajstić information content (AvgIpc) is 2.30. The lowest BCUT2D eigenvalue weighted by Gasteiger charge is -2.31. The third kappa shape index (κ3) is 3.10. The highest BCUT2D eigenvalue weighted by Crippen LogP contribution is 2.19. The van der Waals surface area contributed by atoms with Gasteiger partial charge in [0.1, 0.15) is 5.54 Å². The summed E-state index contributed by atoms with van der Waals surface area (Å²) in [4.78, 5) is 24.4. The molecule has 0 saturated heterocycles. The molecular weight excluding hydrogens is 298 g/mol. The molecule has 0 atom stereocenters. The summed E-state index contributed by atoms with van der Waals surface area (Å²) in [5.41, 5.74) is -0.367. The Morgan fingerprint density at radius 3 is 2.39 bits per heavy atom. The van der Waals surface area contributed by atoms with Crippen molar-refractivity contribution in [2.45, 2.75) is 25.8 Å². The maximum absolute atomic E-state index is 12.1. The van der Waals surface area contributed by atoms with Crippen molar-refractivity contribution in [1.82, 2.24) is 4.90 Å². The molecule has 0 aliphatic rings. The highest BCUT2D eigenvalue weighted by Gasteiger charge is 2.35. The molecule has 5 heteroatoms. The fourth-order valence-corrected chi connectivity index (χ4v) is 1.80. The fourth-order valence-electron chi connectivity index (χ4n) is 1.38. The number of rotatable bonds is 4. The lowest BCUT2D eigenvalue weighted by atomic mass is 10.0. The molecule has 0 unspecified atom stereocenters. The second-order valence-electron chi connectivity index (χ2n) is 4.59. The number of benzene rings is 1. The molecule has 0 fully saturated rings. The van der Waals surface area contributed by atoms with E-state index in [-0.39, 0.29) is 12.3 Å². The zero-order valence-electron chi connectivity index (χ0n) is 10.6. The van der Waals surface area contributed by atoms with Crippen LogP contribution in [0.4, 0.5) is 0 Å². The molecule has 0 spiro atoms. The van der Waals surface area contributed by atoms with Gasteiger partial charge in [-0.1, -0.05) is 34.1 Å². The van der Waals surface area contributed by atoms with Gasteiger partial charge in [0.25, 0.3) is 0 Å². The van der Waals surface area contributed by atoms with E-state index in [0.29, 0.717) is 0 Å². The van der Waals surface area contributed by atoms with Crippen LogP contribution in [0.5, 0.6) is 0 Å². The van der Waals surface area contributed by atoms with Crippen LogP contribution in [-0.4, -0.2) is 34.5 Å². The molecule has 0 aromatic heterocycles. The first-order valence-electron chi connectivity index (χ1n) is 5.50. The molecule has 1 aromatic rings. The van der Waals surface area contributed by atoms with E-state index in [0.717, 1.165) is 10.0 Å². The Labute approximate surface area is 115 Å². The second-order valence-corrected chi connectivity index (χ2v) is 5.44. The van der Waals surface area contributed by atoms with Gasteiger partial charge in [-0.2, -0.15) is 0 Å². The van der Waals surface area contributed by atoms with Gasteiger partial charge in [0, 0.05) is 11.5 Å². The Morgan fingerprint density at radius 2 is 1.89 bits per heavy atom. The van der Waals surface area contributed by atoms with E-state index >= 15 is 0 Å². The molecule has 0 aliphatic carbocycles. The van der Waals surface area contributed by atoms with E-state index in [1.807, 2.05) is 24.3 Å². The maximum Gasteiger partial charge on any atom is 0.329 e. The van der Waals surface area contributed by atoms with Gasteiger partial charge >= 0.3 is 5.97 Å². The van der Waals surface area contributed by atoms with Crippen molar-refractivity contribution in [1.29, 1.82) is 0 Å². The molecule has 1 aromatic carbocycles. The molecule has 18 heavy (non-hydrogen) atoms. The number of hydrogen-bond acceptors (Lipinski definition) is 2. The normalized spacial score (nSPS) is 11.1. The predicted molar refractivity (Wildman–Crippen MR) is 72.3 cm³/mol. The number of nitrogens with zero attached hydrogens (tertiary/aromatic N) is 1. The Hall–Kier alpha value is -1.36. The van der Waals surface area contributed by atoms with Gasteiger partial charge in [-0.25, -0.2) is 4.79 Å². The Bertz CT molecular complexity index is 471. The van der Waals surface area contributed by atoms with E-state index < -0.39 is 11.5 Å². The number of aliphatic carboxylic acids is 1. The molecule has 98 valence electrons. The number of halogens is 1. The summed E-state index contributed by atoms with van der Waals surface area (Å²) >= 11 is 3.37. The summed E-state index contributed by atoms with van der Waals surface area (Å²) < 4.78 is 0.847. The largest absolute Gasteiger partial charge is 0.480 e. The second kappa shape index (κ2) is 5.52. The van der Waals surface area contributed by atoms with Crippen molar-refractivity contribution < 1.29 is 14.7 Å². The molecule has 0 aliphatic heterocycles. The van der Waals surface area contributed by atoms with Crippen LogP contribution in [0, 0.1) is 0 Å². The van der Waals surface area contributed by atoms with Crippen LogP contribution < -0.4 is 0 Å². The van der Waals surface area contributed by atoms with Gasteiger partial charge in [0.05, 0.1) is 6.42 Å². The molecule has 0 heterocycles. The van der Waals surface area contributed by atoms with Crippen molar-refractivity contribution in [3.63, 3.8) is 0 Å². The molecule has 0 bridgehead atoms. The third-order valence-corrected chi connectivity index (χ3v) is 3.81. The molecule has 1 amide bonds. The first kappa shape index (κ1) is 14.7. The van der Waals surface area contributed by atoms with Gasteiger partial charge in [0.15, 0.2) is 0 Å². The average molecular weight is 314 g/mol. The van der Waals surface area contributed by atoms with Crippen molar-refractivity contribution in [2.75, 3.05) is 7.05 Å². The first-order valence-corrected chi connectivity index (χ1v) is 6.29. The number of carbonyl (C=O) groups excluding carboxylic acids is 1. The number of carboxylic acid groups (broad SMARTS) is 1. The standard InChI is InChI=1S/C13H16BrNO3/c1-13(2,12(17)18)15(3)11(16)8-9-6-4-5-7-10(9)14/h4-7H,8H2,1-3H3,(H,17,18). The monoisotopic (exact) mass is 313 g/mol. The van der Waals surface area contributed by atoms with Crippen LogP contribution in [0.2, 0.25) is 0 Å². The van der Waals surface area contributed by atoms with Crippen molar-refractivity contribution in [2.24, 2.45) is 0 Å².